The summed E-state index contributed by atoms with van der Waals surface area (Å²) in [5.74, 6) is 0.493. The standard InChI is InChI=1S/C13H15FN2/c1-9(2)16-8-7-12(13(16)15)10-3-5-11(14)6-4-10/h3-9H,15H2,1-2H3. The van der Waals surface area contributed by atoms with Crippen molar-refractivity contribution in [1.82, 2.24) is 4.57 Å². The predicted molar refractivity (Wildman–Crippen MR) is 64.6 cm³/mol. The van der Waals surface area contributed by atoms with Gasteiger partial charge in [0.05, 0.1) is 0 Å². The summed E-state index contributed by atoms with van der Waals surface area (Å²) in [4.78, 5) is 0. The molecule has 84 valence electrons. The van der Waals surface area contributed by atoms with Crippen LogP contribution in [0.5, 0.6) is 0 Å². The molecule has 1 heterocycles. The van der Waals surface area contributed by atoms with Crippen molar-refractivity contribution in [2.45, 2.75) is 19.9 Å². The maximum atomic E-state index is 12.8. The van der Waals surface area contributed by atoms with Gasteiger partial charge in [0.2, 0.25) is 0 Å². The van der Waals surface area contributed by atoms with Gasteiger partial charge in [-0.1, -0.05) is 12.1 Å². The zero-order chi connectivity index (χ0) is 11.7. The van der Waals surface area contributed by atoms with Gasteiger partial charge in [0.25, 0.3) is 0 Å². The Hall–Kier alpha value is -1.77. The summed E-state index contributed by atoms with van der Waals surface area (Å²) < 4.78 is 14.8. The van der Waals surface area contributed by atoms with Crippen LogP contribution in [0.15, 0.2) is 36.5 Å². The third-order valence-electron chi connectivity index (χ3n) is 2.67. The molecule has 0 atom stereocenters. The van der Waals surface area contributed by atoms with E-state index >= 15 is 0 Å². The Bertz CT molecular complexity index is 483. The highest BCUT2D eigenvalue weighted by Crippen LogP contribution is 2.29. The Morgan fingerprint density at radius 1 is 1.12 bits per heavy atom. The van der Waals surface area contributed by atoms with Gasteiger partial charge in [0.1, 0.15) is 11.6 Å². The molecule has 0 saturated heterocycles. The molecule has 0 aliphatic rings. The highest BCUT2D eigenvalue weighted by Gasteiger charge is 2.09. The van der Waals surface area contributed by atoms with Gasteiger partial charge >= 0.3 is 0 Å². The van der Waals surface area contributed by atoms with Gasteiger partial charge in [-0.25, -0.2) is 4.39 Å². The molecule has 2 rings (SSSR count). The van der Waals surface area contributed by atoms with Crippen molar-refractivity contribution in [3.8, 4) is 11.1 Å². The predicted octanol–water partition coefficient (Wildman–Crippen LogP) is 3.46. The minimum atomic E-state index is -0.231. The first kappa shape index (κ1) is 10.7. The highest BCUT2D eigenvalue weighted by atomic mass is 19.1. The first-order chi connectivity index (χ1) is 7.59. The number of anilines is 1. The summed E-state index contributed by atoms with van der Waals surface area (Å²) in [7, 11) is 0. The van der Waals surface area contributed by atoms with E-state index in [-0.39, 0.29) is 5.82 Å². The molecule has 0 spiro atoms. The van der Waals surface area contributed by atoms with Crippen molar-refractivity contribution in [2.75, 3.05) is 5.73 Å². The summed E-state index contributed by atoms with van der Waals surface area (Å²) >= 11 is 0. The van der Waals surface area contributed by atoms with Crippen molar-refractivity contribution in [3.63, 3.8) is 0 Å². The van der Waals surface area contributed by atoms with E-state index in [4.69, 9.17) is 5.73 Å². The quantitative estimate of drug-likeness (QED) is 0.822. The summed E-state index contributed by atoms with van der Waals surface area (Å²) in [6.45, 7) is 4.15. The molecular weight excluding hydrogens is 203 g/mol. The minimum absolute atomic E-state index is 0.231. The number of hydrogen-bond acceptors (Lipinski definition) is 1. The van der Waals surface area contributed by atoms with E-state index in [1.807, 2.05) is 16.8 Å². The monoisotopic (exact) mass is 218 g/mol. The Morgan fingerprint density at radius 2 is 1.75 bits per heavy atom. The molecule has 0 fully saturated rings. The molecule has 16 heavy (non-hydrogen) atoms. The molecule has 0 radical (unpaired) electrons. The molecule has 0 bridgehead atoms. The second-order valence-corrected chi connectivity index (χ2v) is 4.12. The highest BCUT2D eigenvalue weighted by molar-refractivity contribution is 5.74. The number of rotatable bonds is 2. The van der Waals surface area contributed by atoms with Crippen molar-refractivity contribution in [3.05, 3.63) is 42.3 Å². The number of nitrogens with two attached hydrogens (primary N) is 1. The van der Waals surface area contributed by atoms with Crippen LogP contribution in [0.4, 0.5) is 10.2 Å². The van der Waals surface area contributed by atoms with Crippen LogP contribution >= 0.6 is 0 Å². The number of hydrogen-bond donors (Lipinski definition) is 1. The van der Waals surface area contributed by atoms with Crippen molar-refractivity contribution < 1.29 is 4.39 Å². The average molecular weight is 218 g/mol. The first-order valence-electron chi connectivity index (χ1n) is 5.32. The molecule has 0 amide bonds. The van der Waals surface area contributed by atoms with E-state index in [1.165, 1.54) is 12.1 Å². The van der Waals surface area contributed by atoms with Gasteiger partial charge in [-0.3, -0.25) is 0 Å². The number of aromatic nitrogens is 1. The maximum absolute atomic E-state index is 12.8. The molecule has 0 saturated carbocycles. The van der Waals surface area contributed by atoms with Gasteiger partial charge in [-0.15, -0.1) is 0 Å². The van der Waals surface area contributed by atoms with E-state index in [1.54, 1.807) is 12.1 Å². The normalized spacial score (nSPS) is 11.0. The SMILES string of the molecule is CC(C)n1ccc(-c2ccc(F)cc2)c1N. The Labute approximate surface area is 94.5 Å². The molecule has 3 heteroatoms. The average Bonchev–Trinajstić information content (AvgIpc) is 2.61. The molecule has 2 nitrogen and oxygen atoms in total. The summed E-state index contributed by atoms with van der Waals surface area (Å²) in [5, 5.41) is 0. The number of benzene rings is 1. The zero-order valence-corrected chi connectivity index (χ0v) is 9.44. The van der Waals surface area contributed by atoms with E-state index in [0.29, 0.717) is 6.04 Å². The Morgan fingerprint density at radius 3 is 2.25 bits per heavy atom. The molecule has 1 aromatic carbocycles. The van der Waals surface area contributed by atoms with Crippen LogP contribution in [-0.2, 0) is 0 Å². The number of nitrogen functional groups attached to an aromatic ring is 1. The Kier molecular flexibility index (Phi) is 2.69. The van der Waals surface area contributed by atoms with Gasteiger partial charge in [0.15, 0.2) is 0 Å². The fourth-order valence-corrected chi connectivity index (χ4v) is 1.78. The second kappa shape index (κ2) is 4.00. The summed E-state index contributed by atoms with van der Waals surface area (Å²) in [5.41, 5.74) is 7.94. The lowest BCUT2D eigenvalue weighted by atomic mass is 10.1. The zero-order valence-electron chi connectivity index (χ0n) is 9.44. The second-order valence-electron chi connectivity index (χ2n) is 4.12. The van der Waals surface area contributed by atoms with Crippen LogP contribution in [0, 0.1) is 5.82 Å². The van der Waals surface area contributed by atoms with E-state index in [2.05, 4.69) is 13.8 Å². The summed E-state index contributed by atoms with van der Waals surface area (Å²) in [6, 6.07) is 8.66. The third kappa shape index (κ3) is 1.81. The molecule has 0 aliphatic carbocycles. The molecule has 1 aromatic heterocycles. The molecule has 0 unspecified atom stereocenters. The van der Waals surface area contributed by atoms with Crippen LogP contribution in [0.3, 0.4) is 0 Å². The fraction of sp³-hybridized carbons (Fsp3) is 0.231. The molecule has 2 N–H and O–H groups in total. The smallest absolute Gasteiger partial charge is 0.123 e. The largest absolute Gasteiger partial charge is 0.385 e. The van der Waals surface area contributed by atoms with E-state index in [0.717, 1.165) is 16.9 Å². The Balaban J connectivity index is 2.45. The topological polar surface area (TPSA) is 30.9 Å². The number of nitrogens with zero attached hydrogens (tertiary/aromatic N) is 1. The maximum Gasteiger partial charge on any atom is 0.123 e. The fourth-order valence-electron chi connectivity index (χ4n) is 1.78. The summed E-state index contributed by atoms with van der Waals surface area (Å²) in [6.07, 6.45) is 1.96. The minimum Gasteiger partial charge on any atom is -0.385 e. The van der Waals surface area contributed by atoms with Crippen LogP contribution in [0.1, 0.15) is 19.9 Å². The lowest BCUT2D eigenvalue weighted by molar-refractivity contribution is 0.612. The van der Waals surface area contributed by atoms with Crippen molar-refractivity contribution in [1.29, 1.82) is 0 Å². The van der Waals surface area contributed by atoms with Crippen LogP contribution in [0.25, 0.3) is 11.1 Å². The van der Waals surface area contributed by atoms with E-state index in [9.17, 15) is 4.39 Å². The lowest BCUT2D eigenvalue weighted by Crippen LogP contribution is -2.04. The van der Waals surface area contributed by atoms with Crippen LogP contribution in [0.2, 0.25) is 0 Å². The van der Waals surface area contributed by atoms with Crippen molar-refractivity contribution >= 4 is 5.82 Å². The molecule has 2 aromatic rings. The van der Waals surface area contributed by atoms with Crippen molar-refractivity contribution in [2.24, 2.45) is 0 Å². The van der Waals surface area contributed by atoms with Gasteiger partial charge in [-0.05, 0) is 37.6 Å². The number of halogens is 1. The van der Waals surface area contributed by atoms with Gasteiger partial charge in [0, 0.05) is 17.8 Å². The van der Waals surface area contributed by atoms with Crippen LogP contribution in [-0.4, -0.2) is 4.57 Å². The van der Waals surface area contributed by atoms with Crippen LogP contribution < -0.4 is 5.73 Å². The first-order valence-corrected chi connectivity index (χ1v) is 5.32. The van der Waals surface area contributed by atoms with Gasteiger partial charge in [-0.2, -0.15) is 0 Å². The molecular formula is C13H15FN2. The lowest BCUT2D eigenvalue weighted by Gasteiger charge is -2.10. The van der Waals surface area contributed by atoms with E-state index < -0.39 is 0 Å². The van der Waals surface area contributed by atoms with Gasteiger partial charge < -0.3 is 10.3 Å². The molecule has 0 aliphatic heterocycles. The third-order valence-corrected chi connectivity index (χ3v) is 2.67.